The first-order valence-corrected chi connectivity index (χ1v) is 10.1. The molecular formula is C21H25IN2O2. The molecule has 2 aromatic carbocycles. The zero-order chi connectivity index (χ0) is 18.4. The molecule has 5 heteroatoms. The quantitative estimate of drug-likeness (QED) is 0.625. The number of aryl methyl sites for hydroxylation is 1. The Balaban J connectivity index is 1.64. The number of rotatable bonds is 7. The van der Waals surface area contributed by atoms with E-state index in [0.717, 1.165) is 43.8 Å². The second kappa shape index (κ2) is 9.48. The Morgan fingerprint density at radius 2 is 2.08 bits per heavy atom. The summed E-state index contributed by atoms with van der Waals surface area (Å²) in [4.78, 5) is 14.8. The Morgan fingerprint density at radius 3 is 2.77 bits per heavy atom. The summed E-state index contributed by atoms with van der Waals surface area (Å²) in [6.07, 6.45) is 2.41. The molecule has 1 saturated heterocycles. The van der Waals surface area contributed by atoms with Crippen molar-refractivity contribution in [3.05, 3.63) is 63.2 Å². The van der Waals surface area contributed by atoms with E-state index >= 15 is 0 Å². The fourth-order valence-corrected chi connectivity index (χ4v) is 3.91. The number of benzene rings is 2. The highest BCUT2D eigenvalue weighted by Crippen LogP contribution is 2.18. The molecule has 3 rings (SSSR count). The van der Waals surface area contributed by atoms with E-state index in [1.54, 1.807) is 0 Å². The topological polar surface area (TPSA) is 41.6 Å². The summed E-state index contributed by atoms with van der Waals surface area (Å²) < 4.78 is 6.95. The Kier molecular flexibility index (Phi) is 7.05. The van der Waals surface area contributed by atoms with E-state index in [4.69, 9.17) is 4.74 Å². The molecule has 26 heavy (non-hydrogen) atoms. The molecule has 1 amide bonds. The fraction of sp³-hybridized carbons (Fsp3) is 0.381. The minimum atomic E-state index is 0.0169. The molecule has 0 spiro atoms. The predicted octanol–water partition coefficient (Wildman–Crippen LogP) is 4.22. The van der Waals surface area contributed by atoms with Crippen LogP contribution >= 0.6 is 22.6 Å². The molecule has 1 unspecified atom stereocenters. The molecule has 0 radical (unpaired) electrons. The number of carbonyl (C=O) groups excluding carboxylic acids is 1. The maximum Gasteiger partial charge on any atom is 0.238 e. The number of halogens is 1. The highest BCUT2D eigenvalue weighted by molar-refractivity contribution is 14.1. The van der Waals surface area contributed by atoms with Gasteiger partial charge in [-0.1, -0.05) is 30.3 Å². The van der Waals surface area contributed by atoms with Crippen molar-refractivity contribution in [1.82, 2.24) is 4.90 Å². The van der Waals surface area contributed by atoms with Crippen LogP contribution in [0.3, 0.4) is 0 Å². The van der Waals surface area contributed by atoms with Crippen molar-refractivity contribution in [3.8, 4) is 0 Å². The third-order valence-corrected chi connectivity index (χ3v) is 5.24. The van der Waals surface area contributed by atoms with Gasteiger partial charge >= 0.3 is 0 Å². The van der Waals surface area contributed by atoms with Gasteiger partial charge in [-0.3, -0.25) is 9.69 Å². The Bertz CT molecular complexity index is 730. The van der Waals surface area contributed by atoms with E-state index in [1.807, 2.05) is 37.3 Å². The van der Waals surface area contributed by atoms with Crippen LogP contribution in [0, 0.1) is 10.5 Å². The first-order valence-electron chi connectivity index (χ1n) is 9.04. The van der Waals surface area contributed by atoms with Gasteiger partial charge in [0.25, 0.3) is 0 Å². The highest BCUT2D eigenvalue weighted by Gasteiger charge is 2.21. The normalized spacial score (nSPS) is 16.8. The summed E-state index contributed by atoms with van der Waals surface area (Å²) >= 11 is 2.28. The average Bonchev–Trinajstić information content (AvgIpc) is 3.11. The van der Waals surface area contributed by atoms with Gasteiger partial charge < -0.3 is 10.1 Å². The van der Waals surface area contributed by atoms with Crippen molar-refractivity contribution in [3.63, 3.8) is 0 Å². The lowest BCUT2D eigenvalue weighted by atomic mass is 10.1. The summed E-state index contributed by atoms with van der Waals surface area (Å²) in [5.41, 5.74) is 3.18. The molecule has 0 bridgehead atoms. The highest BCUT2D eigenvalue weighted by atomic mass is 127. The summed E-state index contributed by atoms with van der Waals surface area (Å²) in [5, 5.41) is 3.05. The van der Waals surface area contributed by atoms with Gasteiger partial charge in [0.05, 0.1) is 12.6 Å². The number of amides is 1. The Hall–Kier alpha value is -1.44. The Labute approximate surface area is 169 Å². The van der Waals surface area contributed by atoms with Crippen molar-refractivity contribution in [1.29, 1.82) is 0 Å². The summed E-state index contributed by atoms with van der Waals surface area (Å²) in [7, 11) is 0. The number of anilines is 1. The van der Waals surface area contributed by atoms with Crippen molar-refractivity contribution >= 4 is 34.2 Å². The number of hydrogen-bond acceptors (Lipinski definition) is 3. The molecule has 1 atom stereocenters. The zero-order valence-corrected chi connectivity index (χ0v) is 17.2. The number of nitrogens with zero attached hydrogens (tertiary/aromatic N) is 1. The summed E-state index contributed by atoms with van der Waals surface area (Å²) in [6.45, 7) is 4.75. The first kappa shape index (κ1) is 19.3. The van der Waals surface area contributed by atoms with Gasteiger partial charge in [0.2, 0.25) is 5.91 Å². The predicted molar refractivity (Wildman–Crippen MR) is 113 cm³/mol. The third-order valence-electron chi connectivity index (χ3n) is 4.56. The molecule has 1 heterocycles. The number of carbonyl (C=O) groups is 1. The lowest BCUT2D eigenvalue weighted by molar-refractivity contribution is -0.117. The SMILES string of the molecule is Cc1cc(I)ccc1NC(=O)CN(Cc1ccccc1)CC1CCCO1. The smallest absolute Gasteiger partial charge is 0.238 e. The maximum absolute atomic E-state index is 12.6. The van der Waals surface area contributed by atoms with Gasteiger partial charge in [0.1, 0.15) is 0 Å². The van der Waals surface area contributed by atoms with Gasteiger partial charge in [0.15, 0.2) is 0 Å². The van der Waals surface area contributed by atoms with Crippen LogP contribution in [0.1, 0.15) is 24.0 Å². The van der Waals surface area contributed by atoms with Gasteiger partial charge in [-0.05, 0) is 71.7 Å². The molecule has 1 N–H and O–H groups in total. The van der Waals surface area contributed by atoms with Gasteiger partial charge in [-0.15, -0.1) is 0 Å². The van der Waals surface area contributed by atoms with Crippen molar-refractivity contribution in [2.24, 2.45) is 0 Å². The minimum absolute atomic E-state index is 0.0169. The van der Waals surface area contributed by atoms with Crippen LogP contribution in [0.25, 0.3) is 0 Å². The van der Waals surface area contributed by atoms with Crippen molar-refractivity contribution < 1.29 is 9.53 Å². The largest absolute Gasteiger partial charge is 0.377 e. The van der Waals surface area contributed by atoms with E-state index in [1.165, 1.54) is 9.13 Å². The van der Waals surface area contributed by atoms with Crippen molar-refractivity contribution in [2.45, 2.75) is 32.4 Å². The molecule has 1 aliphatic rings. The molecule has 1 aliphatic heterocycles. The monoisotopic (exact) mass is 464 g/mol. The molecule has 4 nitrogen and oxygen atoms in total. The van der Waals surface area contributed by atoms with Crippen LogP contribution in [-0.4, -0.2) is 36.6 Å². The van der Waals surface area contributed by atoms with Gasteiger partial charge in [0, 0.05) is 29.0 Å². The molecule has 0 aliphatic carbocycles. The second-order valence-electron chi connectivity index (χ2n) is 6.80. The van der Waals surface area contributed by atoms with Crippen LogP contribution in [0.4, 0.5) is 5.69 Å². The van der Waals surface area contributed by atoms with Crippen LogP contribution < -0.4 is 5.32 Å². The zero-order valence-electron chi connectivity index (χ0n) is 15.1. The first-order chi connectivity index (χ1) is 12.6. The van der Waals surface area contributed by atoms with Crippen LogP contribution in [-0.2, 0) is 16.1 Å². The fourth-order valence-electron chi connectivity index (χ4n) is 3.26. The molecular weight excluding hydrogens is 439 g/mol. The van der Waals surface area contributed by atoms with E-state index in [0.29, 0.717) is 6.54 Å². The summed E-state index contributed by atoms with van der Waals surface area (Å²) in [5.74, 6) is 0.0169. The van der Waals surface area contributed by atoms with Crippen LogP contribution in [0.15, 0.2) is 48.5 Å². The average molecular weight is 464 g/mol. The van der Waals surface area contributed by atoms with E-state index in [-0.39, 0.29) is 12.0 Å². The lowest BCUT2D eigenvalue weighted by Gasteiger charge is -2.25. The van der Waals surface area contributed by atoms with Gasteiger partial charge in [-0.2, -0.15) is 0 Å². The second-order valence-corrected chi connectivity index (χ2v) is 8.04. The number of nitrogens with one attached hydrogen (secondary N) is 1. The van der Waals surface area contributed by atoms with Gasteiger partial charge in [-0.25, -0.2) is 0 Å². The van der Waals surface area contributed by atoms with E-state index < -0.39 is 0 Å². The molecule has 1 fully saturated rings. The third kappa shape index (κ3) is 5.79. The van der Waals surface area contributed by atoms with E-state index in [9.17, 15) is 4.79 Å². The van der Waals surface area contributed by atoms with Crippen molar-refractivity contribution in [2.75, 3.05) is 25.0 Å². The standard InChI is InChI=1S/C21H25IN2O2/c1-16-12-18(22)9-10-20(16)23-21(25)15-24(14-19-8-5-11-26-19)13-17-6-3-2-4-7-17/h2-4,6-7,9-10,12,19H,5,8,11,13-15H2,1H3,(H,23,25). The minimum Gasteiger partial charge on any atom is -0.377 e. The Morgan fingerprint density at radius 1 is 1.27 bits per heavy atom. The molecule has 0 saturated carbocycles. The lowest BCUT2D eigenvalue weighted by Crippen LogP contribution is -2.38. The number of hydrogen-bond donors (Lipinski definition) is 1. The van der Waals surface area contributed by atoms with Crippen LogP contribution in [0.5, 0.6) is 0 Å². The van der Waals surface area contributed by atoms with Crippen LogP contribution in [0.2, 0.25) is 0 Å². The number of ether oxygens (including phenoxy) is 1. The maximum atomic E-state index is 12.6. The van der Waals surface area contributed by atoms with E-state index in [2.05, 4.69) is 51.0 Å². The molecule has 138 valence electrons. The molecule has 0 aromatic heterocycles. The molecule has 2 aromatic rings. The summed E-state index contributed by atoms with van der Waals surface area (Å²) in [6, 6.07) is 16.3.